The lowest BCUT2D eigenvalue weighted by Gasteiger charge is -2.09. The number of amides is 1. The fourth-order valence-corrected chi connectivity index (χ4v) is 4.12. The molecule has 0 saturated heterocycles. The standard InChI is InChI=1S/C25H26N4O2S/c1-4-31-21-10-8-18(9-11-21)22-15-23-25(26-12-13-29(23)28-22)32-16-24(30)27-20-7-5-6-19(14-20)17(2)3/h5-15,17H,4,16H2,1-3H3,(H,27,30). The molecule has 0 saturated carbocycles. The molecule has 6 nitrogen and oxygen atoms in total. The van der Waals surface area contributed by atoms with Crippen LogP contribution in [0.2, 0.25) is 0 Å². The number of rotatable bonds is 8. The van der Waals surface area contributed by atoms with Gasteiger partial charge in [-0.25, -0.2) is 9.50 Å². The van der Waals surface area contributed by atoms with Gasteiger partial charge in [0.2, 0.25) is 5.91 Å². The minimum Gasteiger partial charge on any atom is -0.494 e. The van der Waals surface area contributed by atoms with Gasteiger partial charge in [-0.05, 0) is 60.9 Å². The monoisotopic (exact) mass is 446 g/mol. The van der Waals surface area contributed by atoms with Gasteiger partial charge in [-0.3, -0.25) is 4.79 Å². The number of nitrogens with one attached hydrogen (secondary N) is 1. The highest BCUT2D eigenvalue weighted by Gasteiger charge is 2.12. The zero-order valence-corrected chi connectivity index (χ0v) is 19.2. The molecule has 164 valence electrons. The first kappa shape index (κ1) is 21.9. The second-order valence-corrected chi connectivity index (χ2v) is 8.63. The molecule has 2 aromatic carbocycles. The molecule has 0 atom stereocenters. The summed E-state index contributed by atoms with van der Waals surface area (Å²) >= 11 is 1.40. The zero-order valence-electron chi connectivity index (χ0n) is 18.4. The first-order valence-corrected chi connectivity index (χ1v) is 11.6. The lowest BCUT2D eigenvalue weighted by atomic mass is 10.0. The van der Waals surface area contributed by atoms with Crippen molar-refractivity contribution in [2.75, 3.05) is 17.7 Å². The van der Waals surface area contributed by atoms with E-state index in [0.717, 1.165) is 33.2 Å². The molecule has 4 rings (SSSR count). The number of aromatic nitrogens is 3. The number of benzene rings is 2. The highest BCUT2D eigenvalue weighted by Crippen LogP contribution is 2.27. The molecule has 0 aliphatic heterocycles. The minimum absolute atomic E-state index is 0.0639. The second-order valence-electron chi connectivity index (χ2n) is 7.67. The summed E-state index contributed by atoms with van der Waals surface area (Å²) < 4.78 is 7.31. The van der Waals surface area contributed by atoms with E-state index in [0.29, 0.717) is 12.5 Å². The summed E-state index contributed by atoms with van der Waals surface area (Å²) in [4.78, 5) is 17.0. The Labute approximate surface area is 192 Å². The fourth-order valence-electron chi connectivity index (χ4n) is 3.35. The lowest BCUT2D eigenvalue weighted by Crippen LogP contribution is -2.14. The molecule has 0 fully saturated rings. The molecule has 0 spiro atoms. The Morgan fingerprint density at radius 2 is 1.97 bits per heavy atom. The lowest BCUT2D eigenvalue weighted by molar-refractivity contribution is -0.113. The van der Waals surface area contributed by atoms with E-state index >= 15 is 0 Å². The summed E-state index contributed by atoms with van der Waals surface area (Å²) in [6, 6.07) is 17.8. The summed E-state index contributed by atoms with van der Waals surface area (Å²) in [6.07, 6.45) is 3.52. The van der Waals surface area contributed by atoms with Crippen molar-refractivity contribution in [1.82, 2.24) is 14.6 Å². The van der Waals surface area contributed by atoms with Gasteiger partial charge in [-0.2, -0.15) is 5.10 Å². The van der Waals surface area contributed by atoms with Crippen LogP contribution in [0.3, 0.4) is 0 Å². The Hall–Kier alpha value is -3.32. The van der Waals surface area contributed by atoms with Crippen molar-refractivity contribution in [2.24, 2.45) is 0 Å². The number of thioether (sulfide) groups is 1. The van der Waals surface area contributed by atoms with Gasteiger partial charge in [-0.15, -0.1) is 0 Å². The third-order valence-corrected chi connectivity index (χ3v) is 5.99. The van der Waals surface area contributed by atoms with Crippen LogP contribution in [0.25, 0.3) is 16.8 Å². The Morgan fingerprint density at radius 1 is 1.16 bits per heavy atom. The van der Waals surface area contributed by atoms with Gasteiger partial charge in [0.05, 0.1) is 23.6 Å². The van der Waals surface area contributed by atoms with Crippen molar-refractivity contribution in [3.8, 4) is 17.0 Å². The average Bonchev–Trinajstić information content (AvgIpc) is 3.23. The molecule has 4 aromatic rings. The molecule has 2 heterocycles. The summed E-state index contributed by atoms with van der Waals surface area (Å²) in [6.45, 7) is 6.87. The van der Waals surface area contributed by atoms with E-state index in [2.05, 4.69) is 35.3 Å². The average molecular weight is 447 g/mol. The van der Waals surface area contributed by atoms with Crippen LogP contribution in [0.15, 0.2) is 72.0 Å². The number of fused-ring (bicyclic) bond motifs is 1. The van der Waals surface area contributed by atoms with Gasteiger partial charge in [-0.1, -0.05) is 37.7 Å². The zero-order chi connectivity index (χ0) is 22.5. The molecule has 32 heavy (non-hydrogen) atoms. The molecule has 0 bridgehead atoms. The van der Waals surface area contributed by atoms with E-state index in [1.807, 2.05) is 61.7 Å². The summed E-state index contributed by atoms with van der Waals surface area (Å²) in [5.41, 5.74) is 4.72. The minimum atomic E-state index is -0.0639. The van der Waals surface area contributed by atoms with E-state index in [-0.39, 0.29) is 11.7 Å². The Balaban J connectivity index is 1.46. The molecule has 0 unspecified atom stereocenters. The first-order valence-electron chi connectivity index (χ1n) is 10.6. The summed E-state index contributed by atoms with van der Waals surface area (Å²) in [5, 5.41) is 8.41. The first-order chi connectivity index (χ1) is 15.5. The maximum Gasteiger partial charge on any atom is 0.234 e. The van der Waals surface area contributed by atoms with Gasteiger partial charge in [0.1, 0.15) is 10.8 Å². The molecular formula is C25H26N4O2S. The van der Waals surface area contributed by atoms with Crippen LogP contribution in [0, 0.1) is 0 Å². The number of anilines is 1. The smallest absolute Gasteiger partial charge is 0.234 e. The van der Waals surface area contributed by atoms with Gasteiger partial charge < -0.3 is 10.1 Å². The normalized spacial score (nSPS) is 11.1. The number of ether oxygens (including phenoxy) is 1. The third-order valence-electron chi connectivity index (χ3n) is 4.99. The molecular weight excluding hydrogens is 420 g/mol. The Bertz CT molecular complexity index is 1220. The SMILES string of the molecule is CCOc1ccc(-c2cc3c(SCC(=O)Nc4cccc(C(C)C)c4)nccn3n2)cc1. The van der Waals surface area contributed by atoms with E-state index in [1.54, 1.807) is 10.7 Å². The molecule has 0 radical (unpaired) electrons. The highest BCUT2D eigenvalue weighted by molar-refractivity contribution is 8.00. The number of hydrogen-bond acceptors (Lipinski definition) is 5. The largest absolute Gasteiger partial charge is 0.494 e. The number of nitrogens with zero attached hydrogens (tertiary/aromatic N) is 3. The highest BCUT2D eigenvalue weighted by atomic mass is 32.2. The molecule has 1 N–H and O–H groups in total. The van der Waals surface area contributed by atoms with Crippen LogP contribution < -0.4 is 10.1 Å². The van der Waals surface area contributed by atoms with Crippen molar-refractivity contribution >= 4 is 28.9 Å². The Kier molecular flexibility index (Phi) is 6.75. The number of carbonyl (C=O) groups is 1. The summed E-state index contributed by atoms with van der Waals surface area (Å²) in [7, 11) is 0. The van der Waals surface area contributed by atoms with Crippen molar-refractivity contribution in [2.45, 2.75) is 31.7 Å². The van der Waals surface area contributed by atoms with Crippen molar-refractivity contribution in [1.29, 1.82) is 0 Å². The maximum absolute atomic E-state index is 12.5. The molecule has 2 aromatic heterocycles. The van der Waals surface area contributed by atoms with Crippen LogP contribution in [-0.2, 0) is 4.79 Å². The topological polar surface area (TPSA) is 68.5 Å². The number of hydrogen-bond donors (Lipinski definition) is 1. The van der Waals surface area contributed by atoms with E-state index in [1.165, 1.54) is 17.3 Å². The molecule has 0 aliphatic rings. The van der Waals surface area contributed by atoms with Crippen LogP contribution in [0.1, 0.15) is 32.3 Å². The predicted octanol–water partition coefficient (Wildman–Crippen LogP) is 5.65. The van der Waals surface area contributed by atoms with Gasteiger partial charge >= 0.3 is 0 Å². The van der Waals surface area contributed by atoms with Gasteiger partial charge in [0.15, 0.2) is 0 Å². The maximum atomic E-state index is 12.5. The van der Waals surface area contributed by atoms with Crippen molar-refractivity contribution < 1.29 is 9.53 Å². The second kappa shape index (κ2) is 9.87. The van der Waals surface area contributed by atoms with Crippen molar-refractivity contribution in [3.63, 3.8) is 0 Å². The van der Waals surface area contributed by atoms with E-state index in [9.17, 15) is 4.79 Å². The van der Waals surface area contributed by atoms with E-state index < -0.39 is 0 Å². The summed E-state index contributed by atoms with van der Waals surface area (Å²) in [5.74, 6) is 1.45. The quantitative estimate of drug-likeness (QED) is 0.354. The van der Waals surface area contributed by atoms with E-state index in [4.69, 9.17) is 4.74 Å². The van der Waals surface area contributed by atoms with Crippen LogP contribution in [0.4, 0.5) is 5.69 Å². The van der Waals surface area contributed by atoms with Crippen LogP contribution in [-0.4, -0.2) is 32.9 Å². The Morgan fingerprint density at radius 3 is 2.72 bits per heavy atom. The van der Waals surface area contributed by atoms with Gasteiger partial charge in [0, 0.05) is 23.6 Å². The van der Waals surface area contributed by atoms with Crippen LogP contribution >= 0.6 is 11.8 Å². The molecule has 0 aliphatic carbocycles. The fraction of sp³-hybridized carbons (Fsp3) is 0.240. The number of carbonyl (C=O) groups excluding carboxylic acids is 1. The predicted molar refractivity (Wildman–Crippen MR) is 129 cm³/mol. The third kappa shape index (κ3) is 5.11. The van der Waals surface area contributed by atoms with Crippen molar-refractivity contribution in [3.05, 3.63) is 72.6 Å². The molecule has 7 heteroatoms. The molecule has 1 amide bonds. The van der Waals surface area contributed by atoms with Gasteiger partial charge in [0.25, 0.3) is 0 Å². The van der Waals surface area contributed by atoms with Crippen LogP contribution in [0.5, 0.6) is 5.75 Å².